The maximum Gasteiger partial charge on any atom is 0.331 e. The van der Waals surface area contributed by atoms with Gasteiger partial charge >= 0.3 is 5.97 Å². The van der Waals surface area contributed by atoms with Crippen molar-refractivity contribution in [1.82, 2.24) is 10.2 Å². The van der Waals surface area contributed by atoms with Gasteiger partial charge in [-0.3, -0.25) is 10.2 Å². The van der Waals surface area contributed by atoms with Gasteiger partial charge in [0.25, 0.3) is 0 Å². The molecule has 0 radical (unpaired) electrons. The highest BCUT2D eigenvalue weighted by molar-refractivity contribution is 5.87. The highest BCUT2D eigenvalue weighted by Crippen LogP contribution is 2.28. The number of nitrogens with one attached hydrogen (secondary N) is 2. The molecule has 0 aromatic carbocycles. The lowest BCUT2D eigenvalue weighted by molar-refractivity contribution is -0.133. The molecule has 0 aromatic rings. The third-order valence-electron chi connectivity index (χ3n) is 4.74. The minimum atomic E-state index is -1.02. The predicted molar refractivity (Wildman–Crippen MR) is 104 cm³/mol. The zero-order valence-electron chi connectivity index (χ0n) is 17.0. The van der Waals surface area contributed by atoms with Crippen LogP contribution >= 0.6 is 0 Å². The summed E-state index contributed by atoms with van der Waals surface area (Å²) in [5.41, 5.74) is 6.03. The SMILES string of the molecule is CCC(CC)O[C@@H]1C=C(C(=O)O)C[C@H](N(CC(C)C)C(=N)N)[C@H]1NC(C)=O. The van der Waals surface area contributed by atoms with Crippen molar-refractivity contribution in [3.05, 3.63) is 11.6 Å². The summed E-state index contributed by atoms with van der Waals surface area (Å²) in [6.45, 7) is 9.91. The molecule has 8 heteroatoms. The first-order valence-electron chi connectivity index (χ1n) is 9.57. The number of aliphatic carboxylic acids is 1. The van der Waals surface area contributed by atoms with E-state index in [9.17, 15) is 14.7 Å². The van der Waals surface area contributed by atoms with Crippen molar-refractivity contribution < 1.29 is 19.4 Å². The minimum absolute atomic E-state index is 0.0489. The Bertz CT molecular complexity index is 572. The Morgan fingerprint density at radius 3 is 2.41 bits per heavy atom. The van der Waals surface area contributed by atoms with Gasteiger partial charge in [-0.25, -0.2) is 4.79 Å². The Kier molecular flexibility index (Phi) is 8.75. The summed E-state index contributed by atoms with van der Waals surface area (Å²) < 4.78 is 6.16. The van der Waals surface area contributed by atoms with Crippen LogP contribution in [-0.4, -0.2) is 58.7 Å². The summed E-state index contributed by atoms with van der Waals surface area (Å²) in [6.07, 6.45) is 2.68. The number of carbonyl (C=O) groups excluding carboxylic acids is 1. The van der Waals surface area contributed by atoms with Crippen molar-refractivity contribution in [2.24, 2.45) is 11.7 Å². The van der Waals surface area contributed by atoms with Crippen molar-refractivity contribution in [3.8, 4) is 0 Å². The number of amides is 1. The van der Waals surface area contributed by atoms with Crippen molar-refractivity contribution >= 4 is 17.8 Å². The van der Waals surface area contributed by atoms with E-state index in [0.717, 1.165) is 12.8 Å². The molecule has 0 fully saturated rings. The Morgan fingerprint density at radius 1 is 1.41 bits per heavy atom. The first-order valence-corrected chi connectivity index (χ1v) is 9.57. The second-order valence-corrected chi connectivity index (χ2v) is 7.47. The fourth-order valence-electron chi connectivity index (χ4n) is 3.45. The average Bonchev–Trinajstić information content (AvgIpc) is 2.57. The van der Waals surface area contributed by atoms with Crippen LogP contribution in [0.15, 0.2) is 11.6 Å². The molecule has 1 aliphatic rings. The molecule has 0 unspecified atom stereocenters. The molecule has 0 saturated carbocycles. The summed E-state index contributed by atoms with van der Waals surface area (Å²) in [6, 6.07) is -0.960. The lowest BCUT2D eigenvalue weighted by atomic mass is 9.86. The first kappa shape index (κ1) is 23.0. The second-order valence-electron chi connectivity index (χ2n) is 7.47. The number of nitrogens with two attached hydrogens (primary N) is 1. The maximum absolute atomic E-state index is 11.9. The monoisotopic (exact) mass is 382 g/mol. The molecule has 0 aliphatic heterocycles. The molecule has 154 valence electrons. The fourth-order valence-corrected chi connectivity index (χ4v) is 3.45. The zero-order chi connectivity index (χ0) is 20.7. The maximum atomic E-state index is 11.9. The highest BCUT2D eigenvalue weighted by atomic mass is 16.5. The normalized spacial score (nSPS) is 22.5. The third-order valence-corrected chi connectivity index (χ3v) is 4.74. The Morgan fingerprint density at radius 2 is 2.00 bits per heavy atom. The minimum Gasteiger partial charge on any atom is -0.478 e. The first-order chi connectivity index (χ1) is 12.6. The predicted octanol–water partition coefficient (Wildman–Crippen LogP) is 1.70. The fraction of sp³-hybridized carbons (Fsp3) is 0.737. The largest absolute Gasteiger partial charge is 0.478 e. The summed E-state index contributed by atoms with van der Waals surface area (Å²) in [7, 11) is 0. The molecular formula is C19H34N4O4. The van der Waals surface area contributed by atoms with Gasteiger partial charge in [0.1, 0.15) is 0 Å². The van der Waals surface area contributed by atoms with Gasteiger partial charge in [0.2, 0.25) is 5.91 Å². The number of nitrogens with zero attached hydrogens (tertiary/aromatic N) is 1. The van der Waals surface area contributed by atoms with Gasteiger partial charge in [0.15, 0.2) is 5.96 Å². The van der Waals surface area contributed by atoms with E-state index in [4.69, 9.17) is 15.9 Å². The highest BCUT2D eigenvalue weighted by Gasteiger charge is 2.41. The lowest BCUT2D eigenvalue weighted by Crippen LogP contribution is -2.62. The van der Waals surface area contributed by atoms with Crippen molar-refractivity contribution in [3.63, 3.8) is 0 Å². The van der Waals surface area contributed by atoms with Crippen LogP contribution in [0.2, 0.25) is 0 Å². The van der Waals surface area contributed by atoms with E-state index in [1.165, 1.54) is 6.92 Å². The summed E-state index contributed by atoms with van der Waals surface area (Å²) in [5, 5.41) is 20.5. The van der Waals surface area contributed by atoms with Crippen LogP contribution in [0, 0.1) is 11.3 Å². The van der Waals surface area contributed by atoms with Crippen molar-refractivity contribution in [2.75, 3.05) is 6.54 Å². The van der Waals surface area contributed by atoms with Gasteiger partial charge in [-0.2, -0.15) is 0 Å². The van der Waals surface area contributed by atoms with Crippen molar-refractivity contribution in [1.29, 1.82) is 5.41 Å². The van der Waals surface area contributed by atoms with E-state index in [0.29, 0.717) is 6.54 Å². The van der Waals surface area contributed by atoms with E-state index in [1.807, 2.05) is 27.7 Å². The Labute approximate surface area is 161 Å². The summed E-state index contributed by atoms with van der Waals surface area (Å²) in [5.74, 6) is -1.18. The second kappa shape index (κ2) is 10.3. The van der Waals surface area contributed by atoms with E-state index < -0.39 is 24.2 Å². The molecule has 8 nitrogen and oxygen atoms in total. The molecule has 1 amide bonds. The molecule has 27 heavy (non-hydrogen) atoms. The van der Waals surface area contributed by atoms with Gasteiger partial charge in [0, 0.05) is 25.5 Å². The van der Waals surface area contributed by atoms with Gasteiger partial charge in [-0.15, -0.1) is 0 Å². The van der Waals surface area contributed by atoms with Gasteiger partial charge < -0.3 is 25.8 Å². The van der Waals surface area contributed by atoms with E-state index in [2.05, 4.69) is 5.32 Å². The molecule has 0 bridgehead atoms. The molecule has 0 aromatic heterocycles. The summed E-state index contributed by atoms with van der Waals surface area (Å²) >= 11 is 0. The number of carbonyl (C=O) groups is 2. The molecule has 5 N–H and O–H groups in total. The smallest absolute Gasteiger partial charge is 0.331 e. The number of carboxylic acid groups (broad SMARTS) is 1. The molecule has 0 spiro atoms. The molecule has 1 rings (SSSR count). The molecule has 0 heterocycles. The lowest BCUT2D eigenvalue weighted by Gasteiger charge is -2.44. The van der Waals surface area contributed by atoms with Crippen LogP contribution in [0.5, 0.6) is 0 Å². The molecule has 3 atom stereocenters. The number of ether oxygens (including phenoxy) is 1. The van der Waals surface area contributed by atoms with Crippen LogP contribution in [0.25, 0.3) is 0 Å². The topological polar surface area (TPSA) is 129 Å². The standard InChI is InChI=1S/C19H34N4O4/c1-6-14(7-2)27-16-9-13(18(25)26)8-15(17(16)22-12(5)24)23(19(20)21)10-11(3)4/h9,11,14-17H,6-8,10H2,1-5H3,(H3,20,21)(H,22,24)(H,25,26)/t15-,16+,17+/m0/s1. The van der Waals surface area contributed by atoms with Gasteiger partial charge in [0.05, 0.1) is 24.3 Å². The third kappa shape index (κ3) is 6.53. The van der Waals surface area contributed by atoms with Crippen LogP contribution in [0.3, 0.4) is 0 Å². The Balaban J connectivity index is 3.35. The van der Waals surface area contributed by atoms with Gasteiger partial charge in [-0.05, 0) is 24.8 Å². The van der Waals surface area contributed by atoms with E-state index in [1.54, 1.807) is 11.0 Å². The van der Waals surface area contributed by atoms with E-state index in [-0.39, 0.29) is 35.9 Å². The number of guanidine groups is 1. The number of carboxylic acids is 1. The Hall–Kier alpha value is -2.09. The zero-order valence-corrected chi connectivity index (χ0v) is 17.0. The number of hydrogen-bond acceptors (Lipinski definition) is 4. The average molecular weight is 383 g/mol. The number of hydrogen-bond donors (Lipinski definition) is 4. The summed E-state index contributed by atoms with van der Waals surface area (Å²) in [4.78, 5) is 25.2. The molecular weight excluding hydrogens is 348 g/mol. The van der Waals surface area contributed by atoms with Crippen LogP contribution in [-0.2, 0) is 14.3 Å². The van der Waals surface area contributed by atoms with Crippen LogP contribution in [0.1, 0.15) is 53.9 Å². The van der Waals surface area contributed by atoms with Crippen LogP contribution in [0.4, 0.5) is 0 Å². The molecule has 0 saturated heterocycles. The van der Waals surface area contributed by atoms with Gasteiger partial charge in [-0.1, -0.05) is 27.7 Å². The number of rotatable bonds is 9. The van der Waals surface area contributed by atoms with E-state index >= 15 is 0 Å². The molecule has 1 aliphatic carbocycles. The van der Waals surface area contributed by atoms with Crippen LogP contribution < -0.4 is 11.1 Å². The quantitative estimate of drug-likeness (QED) is 0.355. The van der Waals surface area contributed by atoms with Crippen molar-refractivity contribution in [2.45, 2.75) is 78.2 Å².